The molecule has 0 saturated carbocycles. The topological polar surface area (TPSA) is 36.9 Å². The van der Waals surface area contributed by atoms with Crippen molar-refractivity contribution < 1.29 is 18.9 Å². The highest BCUT2D eigenvalue weighted by atomic mass is 16.7. The van der Waals surface area contributed by atoms with Crippen molar-refractivity contribution in [1.82, 2.24) is 0 Å². The number of hydrogen-bond acceptors (Lipinski definition) is 4. The molecule has 1 atom stereocenters. The van der Waals surface area contributed by atoms with Gasteiger partial charge >= 0.3 is 0 Å². The van der Waals surface area contributed by atoms with Gasteiger partial charge in [-0.2, -0.15) is 0 Å². The first-order chi connectivity index (χ1) is 11.3. The Morgan fingerprint density at radius 1 is 0.957 bits per heavy atom. The summed E-state index contributed by atoms with van der Waals surface area (Å²) in [7, 11) is 0. The molecular weight excluding hydrogens is 292 g/mol. The lowest BCUT2D eigenvalue weighted by Gasteiger charge is -2.21. The van der Waals surface area contributed by atoms with Crippen LogP contribution in [0.25, 0.3) is 0 Å². The summed E-state index contributed by atoms with van der Waals surface area (Å²) in [5, 5.41) is 0. The molecule has 0 radical (unpaired) electrons. The van der Waals surface area contributed by atoms with Gasteiger partial charge in [0, 0.05) is 13.2 Å². The first-order valence-electron chi connectivity index (χ1n) is 8.37. The first-order valence-corrected chi connectivity index (χ1v) is 8.37. The van der Waals surface area contributed by atoms with E-state index in [1.807, 2.05) is 45.0 Å². The highest BCUT2D eigenvalue weighted by molar-refractivity contribution is 5.13. The van der Waals surface area contributed by atoms with Crippen molar-refractivity contribution in [2.75, 3.05) is 26.4 Å². The molecular formula is C19H30O4. The maximum Gasteiger partial charge on any atom is 0.180 e. The van der Waals surface area contributed by atoms with Gasteiger partial charge in [-0.25, -0.2) is 0 Å². The summed E-state index contributed by atoms with van der Waals surface area (Å²) in [4.78, 5) is 0. The minimum Gasteiger partial charge on any atom is -0.374 e. The van der Waals surface area contributed by atoms with Crippen LogP contribution >= 0.6 is 0 Å². The molecule has 23 heavy (non-hydrogen) atoms. The molecule has 4 nitrogen and oxygen atoms in total. The lowest BCUT2D eigenvalue weighted by molar-refractivity contribution is -0.180. The Kier molecular flexibility index (Phi) is 11.4. The van der Waals surface area contributed by atoms with E-state index < -0.39 is 0 Å². The molecule has 0 N–H and O–H groups in total. The van der Waals surface area contributed by atoms with Gasteiger partial charge in [0.05, 0.1) is 25.9 Å². The van der Waals surface area contributed by atoms with E-state index in [0.29, 0.717) is 33.0 Å². The molecule has 0 aliphatic carbocycles. The lowest BCUT2D eigenvalue weighted by atomic mass is 10.2. The summed E-state index contributed by atoms with van der Waals surface area (Å²) in [6.45, 7) is 8.68. The summed E-state index contributed by atoms with van der Waals surface area (Å²) in [5.41, 5.74) is 1.17. The van der Waals surface area contributed by atoms with Gasteiger partial charge < -0.3 is 18.9 Å². The molecule has 0 fully saturated rings. The molecule has 0 heterocycles. The minimum absolute atomic E-state index is 0.00155. The van der Waals surface area contributed by atoms with Gasteiger partial charge in [-0.1, -0.05) is 42.5 Å². The average molecular weight is 322 g/mol. The molecule has 0 unspecified atom stereocenters. The number of rotatable bonds is 13. The van der Waals surface area contributed by atoms with E-state index in [-0.39, 0.29) is 12.4 Å². The van der Waals surface area contributed by atoms with Crippen LogP contribution in [-0.4, -0.2) is 38.8 Å². The fourth-order valence-electron chi connectivity index (χ4n) is 2.09. The number of hydrogen-bond donors (Lipinski definition) is 0. The molecule has 0 saturated heterocycles. The summed E-state index contributed by atoms with van der Waals surface area (Å²) in [6, 6.07) is 10.1. The Balaban J connectivity index is 2.38. The van der Waals surface area contributed by atoms with Crippen LogP contribution < -0.4 is 0 Å². The molecule has 1 rings (SSSR count). The van der Waals surface area contributed by atoms with E-state index in [1.165, 1.54) is 5.56 Å². The first kappa shape index (κ1) is 19.8. The summed E-state index contributed by atoms with van der Waals surface area (Å²) in [6.07, 6.45) is 4.62. The summed E-state index contributed by atoms with van der Waals surface area (Å²) in [5.74, 6) is 0. The van der Waals surface area contributed by atoms with Crippen molar-refractivity contribution >= 4 is 0 Å². The summed E-state index contributed by atoms with van der Waals surface area (Å²) < 4.78 is 22.7. The van der Waals surface area contributed by atoms with Crippen LogP contribution in [0.1, 0.15) is 32.8 Å². The number of benzene rings is 1. The Morgan fingerprint density at radius 2 is 1.65 bits per heavy atom. The average Bonchev–Trinajstić information content (AvgIpc) is 2.58. The predicted molar refractivity (Wildman–Crippen MR) is 92.3 cm³/mol. The van der Waals surface area contributed by atoms with Crippen molar-refractivity contribution in [3.05, 3.63) is 48.0 Å². The SMILES string of the molecule is C/C=C/C[C@@H](COCc1ccccc1)OCC(OCC)OCC. The van der Waals surface area contributed by atoms with E-state index >= 15 is 0 Å². The van der Waals surface area contributed by atoms with Gasteiger partial charge in [-0.05, 0) is 32.8 Å². The molecule has 1 aromatic rings. The zero-order chi connectivity index (χ0) is 16.8. The van der Waals surface area contributed by atoms with E-state index in [4.69, 9.17) is 18.9 Å². The third-order valence-electron chi connectivity index (χ3n) is 3.22. The predicted octanol–water partition coefficient (Wildman–Crippen LogP) is 3.95. The molecule has 0 spiro atoms. The second kappa shape index (κ2) is 13.3. The molecule has 0 aromatic heterocycles. The standard InChI is InChI=1S/C19H30O4/c1-4-7-13-18(23-16-19(21-5-2)22-6-3)15-20-14-17-11-9-8-10-12-17/h4,7-12,18-19H,5-6,13-16H2,1-3H3/b7-4+/t18-/m0/s1. The smallest absolute Gasteiger partial charge is 0.180 e. The fraction of sp³-hybridized carbons (Fsp3) is 0.579. The maximum atomic E-state index is 5.92. The number of allylic oxidation sites excluding steroid dienone is 1. The van der Waals surface area contributed by atoms with Gasteiger partial charge in [0.25, 0.3) is 0 Å². The van der Waals surface area contributed by atoms with E-state index in [0.717, 1.165) is 6.42 Å². The Labute approximate surface area is 140 Å². The van der Waals surface area contributed by atoms with Gasteiger partial charge in [0.15, 0.2) is 6.29 Å². The largest absolute Gasteiger partial charge is 0.374 e. The van der Waals surface area contributed by atoms with Crippen LogP contribution in [0.4, 0.5) is 0 Å². The molecule has 0 aliphatic rings. The normalized spacial score (nSPS) is 13.0. The van der Waals surface area contributed by atoms with Crippen LogP contribution in [0.2, 0.25) is 0 Å². The minimum atomic E-state index is -0.313. The summed E-state index contributed by atoms with van der Waals surface area (Å²) >= 11 is 0. The van der Waals surface area contributed by atoms with Crippen molar-refractivity contribution in [2.24, 2.45) is 0 Å². The molecule has 0 aliphatic heterocycles. The third kappa shape index (κ3) is 9.51. The third-order valence-corrected chi connectivity index (χ3v) is 3.22. The zero-order valence-corrected chi connectivity index (χ0v) is 14.6. The van der Waals surface area contributed by atoms with Gasteiger partial charge in [-0.15, -0.1) is 0 Å². The molecule has 130 valence electrons. The van der Waals surface area contributed by atoms with Crippen LogP contribution in [0, 0.1) is 0 Å². The fourth-order valence-corrected chi connectivity index (χ4v) is 2.09. The Hall–Kier alpha value is -1.20. The second-order valence-electron chi connectivity index (χ2n) is 5.10. The molecule has 0 amide bonds. The van der Waals surface area contributed by atoms with Crippen LogP contribution in [-0.2, 0) is 25.6 Å². The van der Waals surface area contributed by atoms with Crippen molar-refractivity contribution in [1.29, 1.82) is 0 Å². The van der Waals surface area contributed by atoms with Crippen LogP contribution in [0.3, 0.4) is 0 Å². The second-order valence-corrected chi connectivity index (χ2v) is 5.10. The zero-order valence-electron chi connectivity index (χ0n) is 14.6. The van der Waals surface area contributed by atoms with Gasteiger partial charge in [0.2, 0.25) is 0 Å². The number of ether oxygens (including phenoxy) is 4. The van der Waals surface area contributed by atoms with Crippen molar-refractivity contribution in [3.63, 3.8) is 0 Å². The van der Waals surface area contributed by atoms with Crippen LogP contribution in [0.5, 0.6) is 0 Å². The Bertz CT molecular complexity index is 399. The maximum absolute atomic E-state index is 5.92. The lowest BCUT2D eigenvalue weighted by Crippen LogP contribution is -2.29. The highest BCUT2D eigenvalue weighted by Gasteiger charge is 2.14. The molecule has 1 aromatic carbocycles. The Morgan fingerprint density at radius 3 is 2.26 bits per heavy atom. The van der Waals surface area contributed by atoms with E-state index in [2.05, 4.69) is 18.2 Å². The monoisotopic (exact) mass is 322 g/mol. The molecule has 4 heteroatoms. The van der Waals surface area contributed by atoms with Crippen molar-refractivity contribution in [2.45, 2.75) is 46.2 Å². The van der Waals surface area contributed by atoms with Gasteiger partial charge in [0.1, 0.15) is 0 Å². The van der Waals surface area contributed by atoms with Crippen LogP contribution in [0.15, 0.2) is 42.5 Å². The van der Waals surface area contributed by atoms with E-state index in [1.54, 1.807) is 0 Å². The van der Waals surface area contributed by atoms with E-state index in [9.17, 15) is 0 Å². The van der Waals surface area contributed by atoms with Crippen molar-refractivity contribution in [3.8, 4) is 0 Å². The van der Waals surface area contributed by atoms with Gasteiger partial charge in [-0.3, -0.25) is 0 Å². The quantitative estimate of drug-likeness (QED) is 0.407. The molecule has 0 bridgehead atoms. The highest BCUT2D eigenvalue weighted by Crippen LogP contribution is 2.07.